The van der Waals surface area contributed by atoms with Gasteiger partial charge in [-0.2, -0.15) is 0 Å². The summed E-state index contributed by atoms with van der Waals surface area (Å²) in [5.74, 6) is 0.729. The van der Waals surface area contributed by atoms with E-state index < -0.39 is 0 Å². The largest absolute Gasteiger partial charge is 0.497 e. The van der Waals surface area contributed by atoms with Gasteiger partial charge in [-0.3, -0.25) is 4.79 Å². The first-order valence-electron chi connectivity index (χ1n) is 6.81. The van der Waals surface area contributed by atoms with E-state index in [1.54, 1.807) is 43.3 Å². The maximum atomic E-state index is 12.3. The summed E-state index contributed by atoms with van der Waals surface area (Å²) in [5.41, 5.74) is 8.39. The van der Waals surface area contributed by atoms with Crippen molar-refractivity contribution in [2.45, 2.75) is 13.1 Å². The molecular weight excluding hydrogens is 264 g/mol. The zero-order chi connectivity index (χ0) is 15.2. The van der Waals surface area contributed by atoms with Gasteiger partial charge in [-0.25, -0.2) is 0 Å². The molecule has 4 nitrogen and oxygen atoms in total. The Morgan fingerprint density at radius 3 is 2.14 bits per heavy atom. The molecule has 0 aliphatic carbocycles. The van der Waals surface area contributed by atoms with Crippen LogP contribution in [0.3, 0.4) is 0 Å². The van der Waals surface area contributed by atoms with E-state index in [9.17, 15) is 4.79 Å². The highest BCUT2D eigenvalue weighted by Gasteiger charge is 2.12. The third-order valence-electron chi connectivity index (χ3n) is 3.36. The Hall–Kier alpha value is -2.33. The van der Waals surface area contributed by atoms with Gasteiger partial charge in [0.05, 0.1) is 7.11 Å². The highest BCUT2D eigenvalue weighted by Crippen LogP contribution is 2.14. The minimum Gasteiger partial charge on any atom is -0.497 e. The third kappa shape index (κ3) is 3.83. The van der Waals surface area contributed by atoms with Gasteiger partial charge in [0.15, 0.2) is 0 Å². The normalized spacial score (nSPS) is 10.2. The van der Waals surface area contributed by atoms with Gasteiger partial charge < -0.3 is 15.4 Å². The van der Waals surface area contributed by atoms with Crippen LogP contribution in [0.15, 0.2) is 48.5 Å². The molecule has 0 heterocycles. The SMILES string of the molecule is COc1ccc(C(=O)N(C)Cc2ccc(CN)cc2)cc1. The maximum Gasteiger partial charge on any atom is 0.253 e. The van der Waals surface area contributed by atoms with Crippen molar-refractivity contribution >= 4 is 5.91 Å². The lowest BCUT2D eigenvalue weighted by Gasteiger charge is -2.17. The second kappa shape index (κ2) is 6.90. The average Bonchev–Trinajstić information content (AvgIpc) is 2.55. The summed E-state index contributed by atoms with van der Waals surface area (Å²) in [4.78, 5) is 14.0. The number of hydrogen-bond donors (Lipinski definition) is 1. The number of carbonyl (C=O) groups is 1. The van der Waals surface area contributed by atoms with Crippen LogP contribution >= 0.6 is 0 Å². The topological polar surface area (TPSA) is 55.6 Å². The molecule has 0 fully saturated rings. The van der Waals surface area contributed by atoms with E-state index in [2.05, 4.69) is 0 Å². The fraction of sp³-hybridized carbons (Fsp3) is 0.235. The van der Waals surface area contributed by atoms with E-state index in [1.807, 2.05) is 24.3 Å². The van der Waals surface area contributed by atoms with Crippen LogP contribution in [0.5, 0.6) is 5.75 Å². The highest BCUT2D eigenvalue weighted by molar-refractivity contribution is 5.94. The van der Waals surface area contributed by atoms with Crippen molar-refractivity contribution in [2.75, 3.05) is 14.2 Å². The second-order valence-corrected chi connectivity index (χ2v) is 4.91. The minimum atomic E-state index is -0.0134. The van der Waals surface area contributed by atoms with Crippen LogP contribution in [0.2, 0.25) is 0 Å². The standard InChI is InChI=1S/C17H20N2O2/c1-19(12-14-5-3-13(11-18)4-6-14)17(20)15-7-9-16(21-2)10-8-15/h3-10H,11-12,18H2,1-2H3. The molecule has 0 aliphatic heterocycles. The van der Waals surface area contributed by atoms with Crippen LogP contribution in [0.4, 0.5) is 0 Å². The van der Waals surface area contributed by atoms with Gasteiger partial charge in [-0.1, -0.05) is 24.3 Å². The van der Waals surface area contributed by atoms with Crippen LogP contribution in [0.1, 0.15) is 21.5 Å². The van der Waals surface area contributed by atoms with Crippen molar-refractivity contribution < 1.29 is 9.53 Å². The average molecular weight is 284 g/mol. The summed E-state index contributed by atoms with van der Waals surface area (Å²) in [5, 5.41) is 0. The molecule has 21 heavy (non-hydrogen) atoms. The zero-order valence-corrected chi connectivity index (χ0v) is 12.4. The van der Waals surface area contributed by atoms with E-state index in [4.69, 9.17) is 10.5 Å². The lowest BCUT2D eigenvalue weighted by atomic mass is 10.1. The molecule has 2 aromatic carbocycles. The van der Waals surface area contributed by atoms with Crippen molar-refractivity contribution in [3.63, 3.8) is 0 Å². The van der Waals surface area contributed by atoms with Gasteiger partial charge in [0.2, 0.25) is 0 Å². The molecule has 0 saturated carbocycles. The van der Waals surface area contributed by atoms with Gasteiger partial charge >= 0.3 is 0 Å². The first-order chi connectivity index (χ1) is 10.1. The number of nitrogens with zero attached hydrogens (tertiary/aromatic N) is 1. The summed E-state index contributed by atoms with van der Waals surface area (Å²) in [6, 6.07) is 15.1. The molecule has 0 aliphatic rings. The zero-order valence-electron chi connectivity index (χ0n) is 12.4. The van der Waals surface area contributed by atoms with Gasteiger partial charge in [0.25, 0.3) is 5.91 Å². The molecule has 2 rings (SSSR count). The molecule has 2 aromatic rings. The number of rotatable bonds is 5. The van der Waals surface area contributed by atoms with Crippen molar-refractivity contribution in [3.8, 4) is 5.75 Å². The number of hydrogen-bond acceptors (Lipinski definition) is 3. The number of methoxy groups -OCH3 is 1. The highest BCUT2D eigenvalue weighted by atomic mass is 16.5. The van der Waals surface area contributed by atoms with Crippen LogP contribution in [-0.4, -0.2) is 25.0 Å². The van der Waals surface area contributed by atoms with E-state index in [-0.39, 0.29) is 5.91 Å². The summed E-state index contributed by atoms with van der Waals surface area (Å²) in [6.45, 7) is 1.09. The summed E-state index contributed by atoms with van der Waals surface area (Å²) in [7, 11) is 3.40. The lowest BCUT2D eigenvalue weighted by Crippen LogP contribution is -2.26. The van der Waals surface area contributed by atoms with Crippen LogP contribution in [-0.2, 0) is 13.1 Å². The van der Waals surface area contributed by atoms with Crippen molar-refractivity contribution in [3.05, 3.63) is 65.2 Å². The van der Waals surface area contributed by atoms with E-state index >= 15 is 0 Å². The molecule has 1 amide bonds. The van der Waals surface area contributed by atoms with Crippen LogP contribution in [0.25, 0.3) is 0 Å². The molecule has 0 radical (unpaired) electrons. The molecule has 4 heteroatoms. The van der Waals surface area contributed by atoms with Crippen molar-refractivity contribution in [2.24, 2.45) is 5.73 Å². The Morgan fingerprint density at radius 2 is 1.62 bits per heavy atom. The Labute approximate surface area is 125 Å². The summed E-state index contributed by atoms with van der Waals surface area (Å²) < 4.78 is 5.09. The molecule has 0 bridgehead atoms. The molecular formula is C17H20N2O2. The van der Waals surface area contributed by atoms with Gasteiger partial charge in [0.1, 0.15) is 5.75 Å². The first-order valence-corrected chi connectivity index (χ1v) is 6.81. The maximum absolute atomic E-state index is 12.3. The number of benzene rings is 2. The summed E-state index contributed by atoms with van der Waals surface area (Å²) in [6.07, 6.45) is 0. The van der Waals surface area contributed by atoms with Crippen molar-refractivity contribution in [1.82, 2.24) is 4.90 Å². The fourth-order valence-electron chi connectivity index (χ4n) is 2.08. The van der Waals surface area contributed by atoms with Gasteiger partial charge in [-0.15, -0.1) is 0 Å². The Kier molecular flexibility index (Phi) is 4.95. The molecule has 0 unspecified atom stereocenters. The van der Waals surface area contributed by atoms with E-state index in [0.29, 0.717) is 18.7 Å². The van der Waals surface area contributed by atoms with Gasteiger partial charge in [-0.05, 0) is 35.4 Å². The predicted molar refractivity (Wildman–Crippen MR) is 83.1 cm³/mol. The van der Waals surface area contributed by atoms with Crippen LogP contribution < -0.4 is 10.5 Å². The fourth-order valence-corrected chi connectivity index (χ4v) is 2.08. The first kappa shape index (κ1) is 15.1. The Morgan fingerprint density at radius 1 is 1.05 bits per heavy atom. The molecule has 0 saturated heterocycles. The molecule has 2 N–H and O–H groups in total. The predicted octanol–water partition coefficient (Wildman–Crippen LogP) is 2.43. The Bertz CT molecular complexity index is 591. The second-order valence-electron chi connectivity index (χ2n) is 4.91. The third-order valence-corrected chi connectivity index (χ3v) is 3.36. The lowest BCUT2D eigenvalue weighted by molar-refractivity contribution is 0.0785. The number of amides is 1. The Balaban J connectivity index is 2.03. The number of carbonyl (C=O) groups excluding carboxylic acids is 1. The van der Waals surface area contributed by atoms with E-state index in [0.717, 1.165) is 16.9 Å². The van der Waals surface area contributed by atoms with Crippen molar-refractivity contribution in [1.29, 1.82) is 0 Å². The van der Waals surface area contributed by atoms with Crippen LogP contribution in [0, 0.1) is 0 Å². The molecule has 0 spiro atoms. The molecule has 0 atom stereocenters. The monoisotopic (exact) mass is 284 g/mol. The number of ether oxygens (including phenoxy) is 1. The minimum absolute atomic E-state index is 0.0134. The van der Waals surface area contributed by atoms with Gasteiger partial charge in [0, 0.05) is 25.7 Å². The molecule has 110 valence electrons. The quantitative estimate of drug-likeness (QED) is 0.917. The summed E-state index contributed by atoms with van der Waals surface area (Å²) >= 11 is 0. The molecule has 0 aromatic heterocycles. The van der Waals surface area contributed by atoms with E-state index in [1.165, 1.54) is 0 Å². The number of nitrogens with two attached hydrogens (primary N) is 1. The smallest absolute Gasteiger partial charge is 0.253 e.